The number of β-lactam (4-membered cyclic amide) rings is 1. The number of tetrazole rings is 1. The number of nitrogen functional groups attached to an aromatic ring is 1. The number of aliphatic carboxylic acids is 1. The number of aromatic amines is 1. The molecule has 0 bridgehead atoms. The summed E-state index contributed by atoms with van der Waals surface area (Å²) in [6, 6.07) is 0.970. The number of phenols is 2. The minimum absolute atomic E-state index is 0.0350. The topological polar surface area (TPSA) is 309 Å². The Morgan fingerprint density at radius 3 is 2.56 bits per heavy atom. The van der Waals surface area contributed by atoms with E-state index in [2.05, 4.69) is 41.4 Å². The van der Waals surface area contributed by atoms with Gasteiger partial charge in [-0.15, -0.1) is 33.3 Å². The number of phenolic OH excluding ortho intramolecular Hbond substituents is 1. The number of likely N-dealkylation sites (tertiary alicyclic amines) is 1. The van der Waals surface area contributed by atoms with E-state index in [0.29, 0.717) is 29.0 Å². The zero-order valence-electron chi connectivity index (χ0n) is 28.8. The normalized spacial score (nSPS) is 19.6. The summed E-state index contributed by atoms with van der Waals surface area (Å²) in [6.45, 7) is 5.21. The number of aromatic nitrogens is 5. The van der Waals surface area contributed by atoms with Crippen LogP contribution in [0.3, 0.4) is 0 Å². The van der Waals surface area contributed by atoms with Crippen molar-refractivity contribution in [2.75, 3.05) is 44.2 Å². The Morgan fingerprint density at radius 1 is 1.19 bits per heavy atom. The van der Waals surface area contributed by atoms with Crippen LogP contribution in [0.25, 0.3) is 5.70 Å². The number of benzene rings is 1. The van der Waals surface area contributed by atoms with Crippen LogP contribution in [0.1, 0.15) is 58.9 Å². The number of hydrogen-bond donors (Lipinski definition) is 8. The van der Waals surface area contributed by atoms with E-state index in [4.69, 9.17) is 10.6 Å². The van der Waals surface area contributed by atoms with Crippen molar-refractivity contribution in [3.05, 3.63) is 45.7 Å². The Bertz CT molecular complexity index is 2060. The minimum atomic E-state index is -1.78. The van der Waals surface area contributed by atoms with E-state index in [1.54, 1.807) is 0 Å². The molecule has 2 aromatic heterocycles. The van der Waals surface area contributed by atoms with E-state index in [9.17, 15) is 44.4 Å². The number of oxime groups is 1. The van der Waals surface area contributed by atoms with E-state index in [-0.39, 0.29) is 34.5 Å². The van der Waals surface area contributed by atoms with Crippen LogP contribution in [0.4, 0.5) is 5.13 Å². The molecule has 2 saturated heterocycles. The molecule has 0 unspecified atom stereocenters. The fourth-order valence-corrected chi connectivity index (χ4v) is 8.26. The van der Waals surface area contributed by atoms with Crippen LogP contribution in [0.2, 0.25) is 0 Å². The first kappa shape index (κ1) is 37.9. The fraction of sp³-hybridized carbons (Fsp3) is 0.419. The van der Waals surface area contributed by atoms with Crippen molar-refractivity contribution in [2.24, 2.45) is 5.16 Å². The molecule has 2 fully saturated rings. The zero-order chi connectivity index (χ0) is 38.9. The number of thiazole rings is 1. The summed E-state index contributed by atoms with van der Waals surface area (Å²) < 4.78 is 0.550. The van der Waals surface area contributed by atoms with Crippen LogP contribution in [-0.2, 0) is 19.2 Å². The number of carbonyl (C=O) groups excluding carboxylic acids is 3. The highest BCUT2D eigenvalue weighted by atomic mass is 32.2. The third kappa shape index (κ3) is 7.49. The van der Waals surface area contributed by atoms with Gasteiger partial charge in [-0.05, 0) is 31.2 Å². The Labute approximate surface area is 313 Å². The second-order valence-corrected chi connectivity index (χ2v) is 15.3. The molecule has 0 spiro atoms. The van der Waals surface area contributed by atoms with Gasteiger partial charge in [-0.1, -0.05) is 5.16 Å². The Morgan fingerprint density at radius 2 is 1.93 bits per heavy atom. The maximum absolute atomic E-state index is 13.8. The number of H-pyrrole nitrogens is 1. The number of thioether (sulfide) groups is 1. The minimum Gasteiger partial charge on any atom is -0.504 e. The number of carbonyl (C=O) groups is 5. The molecule has 5 heterocycles. The number of amides is 3. The molecule has 1 aromatic carbocycles. The van der Waals surface area contributed by atoms with E-state index in [0.717, 1.165) is 55.0 Å². The standard InChI is InChI=1S/C31H35N11O10S2/c1-31(2,29(50)51)52-38-19(17-13-54-30(32)34-17)25(46)35-20-26(47)41-21(23-36-39-40-37-23)15(12-53-27(20)41)11-42(6-3-4-7-42)8-5-33-24(45)14-9-16(28(48)49)22(44)18(43)10-14/h9-10,13,20,27H,3-8,11-12H2,1-2H3,(H8-,32,33,34,35,36,37,38,39,40,43,44,45,46,48,49,50,51)/p+1/t20-,27-/m1/s1. The van der Waals surface area contributed by atoms with Crippen LogP contribution in [0.15, 0.2) is 28.2 Å². The third-order valence-electron chi connectivity index (χ3n) is 9.25. The summed E-state index contributed by atoms with van der Waals surface area (Å²) in [6.07, 6.45) is 1.84. The lowest BCUT2D eigenvalue weighted by atomic mass is 10.0. The molecule has 0 radical (unpaired) electrons. The summed E-state index contributed by atoms with van der Waals surface area (Å²) in [5, 5.41) is 63.3. The van der Waals surface area contributed by atoms with Gasteiger partial charge in [0.1, 0.15) is 29.2 Å². The summed E-state index contributed by atoms with van der Waals surface area (Å²) in [7, 11) is 0. The van der Waals surface area contributed by atoms with Crippen LogP contribution in [0, 0.1) is 0 Å². The highest BCUT2D eigenvalue weighted by Gasteiger charge is 2.55. The van der Waals surface area contributed by atoms with E-state index < -0.39 is 63.7 Å². The number of quaternary nitrogens is 1. The number of aromatic hydroxyl groups is 2. The second-order valence-electron chi connectivity index (χ2n) is 13.3. The predicted octanol–water partition coefficient (Wildman–Crippen LogP) is -0.216. The molecule has 3 aliphatic heterocycles. The molecule has 21 nitrogen and oxygen atoms in total. The highest BCUT2D eigenvalue weighted by Crippen LogP contribution is 2.44. The van der Waals surface area contributed by atoms with Gasteiger partial charge in [0.25, 0.3) is 17.7 Å². The molecule has 54 heavy (non-hydrogen) atoms. The van der Waals surface area contributed by atoms with E-state index >= 15 is 0 Å². The van der Waals surface area contributed by atoms with Crippen LogP contribution in [0.5, 0.6) is 11.5 Å². The predicted molar refractivity (Wildman–Crippen MR) is 190 cm³/mol. The molecule has 9 N–H and O–H groups in total. The van der Waals surface area contributed by atoms with Gasteiger partial charge in [-0.2, -0.15) is 5.21 Å². The summed E-state index contributed by atoms with van der Waals surface area (Å²) >= 11 is 2.45. The average Bonchev–Trinajstić information content (AvgIpc) is 3.92. The number of nitrogens with zero attached hydrogens (tertiary/aromatic N) is 7. The van der Waals surface area contributed by atoms with Gasteiger partial charge in [-0.25, -0.2) is 14.6 Å². The number of nitrogens with one attached hydrogen (secondary N) is 3. The SMILES string of the molecule is CC(C)(O/N=C(\C(=O)N[C@@H]1C(=O)N2C(c3nn[nH]n3)=C(C[N+]3(CCNC(=O)c4cc(O)c(O)c(C(=O)O)c4)CCCC3)CS[C@H]12)c1csc(N)n1)C(=O)O. The molecular formula is C31H36N11O10S2+. The number of fused-ring (bicyclic) bond motifs is 1. The third-order valence-corrected chi connectivity index (χ3v) is 11.3. The lowest BCUT2D eigenvalue weighted by Crippen LogP contribution is -2.70. The van der Waals surface area contributed by atoms with E-state index in [1.807, 2.05) is 0 Å². The number of aromatic carboxylic acids is 1. The largest absolute Gasteiger partial charge is 0.504 e. The lowest BCUT2D eigenvalue weighted by Gasteiger charge is -2.50. The number of hydrogen-bond acceptors (Lipinski definition) is 16. The van der Waals surface area contributed by atoms with Crippen molar-refractivity contribution in [1.29, 1.82) is 0 Å². The van der Waals surface area contributed by atoms with Crippen molar-refractivity contribution < 1.29 is 53.7 Å². The molecule has 23 heteroatoms. The van der Waals surface area contributed by atoms with Gasteiger partial charge in [0.2, 0.25) is 11.4 Å². The number of nitrogens with two attached hydrogens (primary N) is 1. The van der Waals surface area contributed by atoms with Gasteiger partial charge in [-0.3, -0.25) is 19.3 Å². The maximum Gasteiger partial charge on any atom is 0.350 e. The molecule has 0 saturated carbocycles. The van der Waals surface area contributed by atoms with Gasteiger partial charge >= 0.3 is 11.9 Å². The molecule has 286 valence electrons. The summed E-state index contributed by atoms with van der Waals surface area (Å²) in [5.74, 6) is -5.69. The van der Waals surface area contributed by atoms with Gasteiger partial charge in [0.15, 0.2) is 22.3 Å². The van der Waals surface area contributed by atoms with Gasteiger partial charge in [0, 0.05) is 35.1 Å². The van der Waals surface area contributed by atoms with Crippen molar-refractivity contribution in [3.63, 3.8) is 0 Å². The Balaban J connectivity index is 1.19. The summed E-state index contributed by atoms with van der Waals surface area (Å²) in [4.78, 5) is 74.2. The van der Waals surface area contributed by atoms with Crippen LogP contribution < -0.4 is 16.4 Å². The molecule has 3 amide bonds. The smallest absolute Gasteiger partial charge is 0.350 e. The van der Waals surface area contributed by atoms with Crippen molar-refractivity contribution in [3.8, 4) is 11.5 Å². The first-order valence-corrected chi connectivity index (χ1v) is 18.4. The molecule has 0 aliphatic carbocycles. The van der Waals surface area contributed by atoms with Crippen molar-refractivity contribution in [1.82, 2.24) is 41.1 Å². The lowest BCUT2D eigenvalue weighted by molar-refractivity contribution is -0.911. The van der Waals surface area contributed by atoms with Gasteiger partial charge in [0.05, 0.1) is 31.9 Å². The number of carboxylic acid groups (broad SMARTS) is 2. The second kappa shape index (κ2) is 14.9. The zero-order valence-corrected chi connectivity index (χ0v) is 30.4. The molecule has 3 aliphatic rings. The first-order valence-electron chi connectivity index (χ1n) is 16.5. The maximum atomic E-state index is 13.8. The van der Waals surface area contributed by atoms with Crippen molar-refractivity contribution in [2.45, 2.75) is 43.7 Å². The quantitative estimate of drug-likeness (QED) is 0.0344. The Hall–Kier alpha value is -5.81. The molecule has 6 rings (SSSR count). The number of rotatable bonds is 14. The molecule has 3 aromatic rings. The fourth-order valence-electron chi connectivity index (χ4n) is 6.38. The van der Waals surface area contributed by atoms with Crippen LogP contribution in [-0.4, -0.2) is 146 Å². The van der Waals surface area contributed by atoms with Gasteiger partial charge < -0.3 is 46.1 Å². The van der Waals surface area contributed by atoms with Crippen LogP contribution >= 0.6 is 23.1 Å². The summed E-state index contributed by atoms with van der Waals surface area (Å²) in [5.41, 5.74) is 4.23. The molecule has 2 atom stereocenters. The number of anilines is 1. The van der Waals surface area contributed by atoms with Crippen molar-refractivity contribution >= 4 is 69.3 Å². The first-order chi connectivity index (χ1) is 25.6. The monoisotopic (exact) mass is 786 g/mol. The Kier molecular flexibility index (Phi) is 10.5. The molecular weight excluding hydrogens is 751 g/mol. The number of carboxylic acids is 2. The average molecular weight is 787 g/mol. The van der Waals surface area contributed by atoms with E-state index in [1.165, 1.54) is 35.9 Å². The highest BCUT2D eigenvalue weighted by molar-refractivity contribution is 8.00.